The number of fused-ring (bicyclic) bond motifs is 1. The number of hydrogen-bond donors (Lipinski definition) is 1. The van der Waals surface area contributed by atoms with Gasteiger partial charge in [0.1, 0.15) is 17.1 Å². The molecule has 0 spiro atoms. The number of hydrogen-bond acceptors (Lipinski definition) is 4. The topological polar surface area (TPSA) is 64.9 Å². The lowest BCUT2D eigenvalue weighted by Crippen LogP contribution is -2.32. The molecule has 6 nitrogen and oxygen atoms in total. The molecule has 2 aromatic heterocycles. The van der Waals surface area contributed by atoms with Crippen LogP contribution in [0.5, 0.6) is 11.5 Å². The van der Waals surface area contributed by atoms with Gasteiger partial charge in [-0.25, -0.2) is 4.98 Å². The van der Waals surface area contributed by atoms with E-state index in [2.05, 4.69) is 35.0 Å². The second-order valence-corrected chi connectivity index (χ2v) is 8.62. The van der Waals surface area contributed by atoms with Gasteiger partial charge in [0.15, 0.2) is 0 Å². The summed E-state index contributed by atoms with van der Waals surface area (Å²) in [5, 5.41) is 3.07. The number of ether oxygens (including phenoxy) is 2. The number of methoxy groups -OCH3 is 1. The summed E-state index contributed by atoms with van der Waals surface area (Å²) >= 11 is 0. The Morgan fingerprint density at radius 1 is 1.00 bits per heavy atom. The molecule has 2 aromatic carbocycles. The Bertz CT molecular complexity index is 1290. The van der Waals surface area contributed by atoms with Crippen molar-refractivity contribution in [2.75, 3.05) is 13.7 Å². The van der Waals surface area contributed by atoms with E-state index >= 15 is 0 Å². The van der Waals surface area contributed by atoms with Gasteiger partial charge in [0.05, 0.1) is 25.1 Å². The molecule has 0 bridgehead atoms. The fourth-order valence-corrected chi connectivity index (χ4v) is 4.10. The molecule has 4 rings (SSSR count). The fraction of sp³-hybridized carbons (Fsp3) is 0.310. The van der Waals surface area contributed by atoms with Gasteiger partial charge >= 0.3 is 0 Å². The van der Waals surface area contributed by atoms with Gasteiger partial charge in [-0.05, 0) is 86.3 Å². The average molecular weight is 472 g/mol. The van der Waals surface area contributed by atoms with Crippen LogP contribution in [-0.2, 0) is 11.2 Å². The number of nitrogens with zero attached hydrogens (tertiary/aromatic N) is 2. The lowest BCUT2D eigenvalue weighted by molar-refractivity contribution is -0.121. The van der Waals surface area contributed by atoms with Crippen molar-refractivity contribution in [2.45, 2.75) is 46.1 Å². The third-order valence-electron chi connectivity index (χ3n) is 6.17. The number of amides is 1. The van der Waals surface area contributed by atoms with E-state index in [1.165, 1.54) is 0 Å². The van der Waals surface area contributed by atoms with E-state index in [-0.39, 0.29) is 11.9 Å². The second-order valence-electron chi connectivity index (χ2n) is 8.62. The number of aryl methyl sites for hydroxylation is 1. The van der Waals surface area contributed by atoms with Crippen LogP contribution < -0.4 is 14.8 Å². The minimum atomic E-state index is 0.0514. The first-order chi connectivity index (χ1) is 17.0. The maximum atomic E-state index is 12.6. The molecule has 0 aliphatic rings. The molecular weight excluding hydrogens is 438 g/mol. The molecule has 0 unspecified atom stereocenters. The summed E-state index contributed by atoms with van der Waals surface area (Å²) in [5.41, 5.74) is 5.85. The highest BCUT2D eigenvalue weighted by molar-refractivity contribution is 5.77. The van der Waals surface area contributed by atoms with Gasteiger partial charge in [0, 0.05) is 24.2 Å². The molecule has 0 fully saturated rings. The average Bonchev–Trinajstić information content (AvgIpc) is 3.25. The molecule has 6 heteroatoms. The number of nitrogens with one attached hydrogen (secondary N) is 1. The van der Waals surface area contributed by atoms with Gasteiger partial charge in [-0.2, -0.15) is 0 Å². The Morgan fingerprint density at radius 3 is 2.49 bits per heavy atom. The molecule has 0 aliphatic carbocycles. The summed E-state index contributed by atoms with van der Waals surface area (Å²) < 4.78 is 13.1. The van der Waals surface area contributed by atoms with Crippen molar-refractivity contribution in [1.29, 1.82) is 0 Å². The summed E-state index contributed by atoms with van der Waals surface area (Å²) in [5.74, 6) is 1.69. The molecule has 0 aliphatic heterocycles. The maximum Gasteiger partial charge on any atom is 0.220 e. The van der Waals surface area contributed by atoms with Crippen molar-refractivity contribution in [3.8, 4) is 33.9 Å². The molecule has 1 N–H and O–H groups in total. The van der Waals surface area contributed by atoms with Crippen LogP contribution in [0.4, 0.5) is 0 Å². The van der Waals surface area contributed by atoms with Crippen molar-refractivity contribution < 1.29 is 14.3 Å². The van der Waals surface area contributed by atoms with Gasteiger partial charge < -0.3 is 19.2 Å². The third-order valence-corrected chi connectivity index (χ3v) is 6.17. The lowest BCUT2D eigenvalue weighted by atomic mass is 10.1. The van der Waals surface area contributed by atoms with E-state index in [0.29, 0.717) is 19.4 Å². The van der Waals surface area contributed by atoms with E-state index in [1.54, 1.807) is 7.11 Å². The summed E-state index contributed by atoms with van der Waals surface area (Å²) in [6.45, 7) is 6.70. The molecule has 182 valence electrons. The summed E-state index contributed by atoms with van der Waals surface area (Å²) in [4.78, 5) is 17.5. The molecule has 35 heavy (non-hydrogen) atoms. The van der Waals surface area contributed by atoms with Crippen molar-refractivity contribution in [1.82, 2.24) is 14.7 Å². The van der Waals surface area contributed by atoms with Crippen LogP contribution in [-0.4, -0.2) is 35.1 Å². The second kappa shape index (κ2) is 11.1. The zero-order valence-electron chi connectivity index (χ0n) is 20.9. The first kappa shape index (κ1) is 24.3. The molecule has 4 aromatic rings. The first-order valence-corrected chi connectivity index (χ1v) is 12.2. The highest BCUT2D eigenvalue weighted by Crippen LogP contribution is 2.30. The highest BCUT2D eigenvalue weighted by atomic mass is 16.5. The number of carbonyl (C=O) groups excluding carboxylic acids is 1. The normalized spacial score (nSPS) is 11.9. The van der Waals surface area contributed by atoms with Gasteiger partial charge in [-0.15, -0.1) is 0 Å². The van der Waals surface area contributed by atoms with E-state index in [4.69, 9.17) is 14.5 Å². The van der Waals surface area contributed by atoms with Crippen molar-refractivity contribution in [3.63, 3.8) is 0 Å². The standard InChI is InChI=1S/C29H33N3O3/c1-5-20(3)30-28(33)17-15-26-29(21-10-13-24(34-4)14-11-21)31-27-16-12-23(19-32(26)27)22-8-7-9-25(18-22)35-6-2/h7-14,16,18-20H,5-6,15,17H2,1-4H3,(H,30,33)/t20-/m0/s1. The molecule has 2 heterocycles. The Labute approximate surface area is 206 Å². The van der Waals surface area contributed by atoms with Crippen LogP contribution in [0.15, 0.2) is 66.9 Å². The minimum Gasteiger partial charge on any atom is -0.497 e. The van der Waals surface area contributed by atoms with Gasteiger partial charge in [0.2, 0.25) is 5.91 Å². The number of benzene rings is 2. The lowest BCUT2D eigenvalue weighted by Gasteiger charge is -2.12. The Hall–Kier alpha value is -3.80. The minimum absolute atomic E-state index is 0.0514. The molecule has 0 saturated carbocycles. The molecule has 1 atom stereocenters. The van der Waals surface area contributed by atoms with Crippen LogP contribution in [0.3, 0.4) is 0 Å². The highest BCUT2D eigenvalue weighted by Gasteiger charge is 2.17. The van der Waals surface area contributed by atoms with E-state index in [0.717, 1.165) is 51.6 Å². The SMILES string of the molecule is CCOc1cccc(-c2ccc3nc(-c4ccc(OC)cc4)c(CCC(=O)N[C@@H](C)CC)n3c2)c1. The van der Waals surface area contributed by atoms with E-state index < -0.39 is 0 Å². The maximum absolute atomic E-state index is 12.6. The monoisotopic (exact) mass is 471 g/mol. The Kier molecular flexibility index (Phi) is 7.70. The van der Waals surface area contributed by atoms with Crippen LogP contribution >= 0.6 is 0 Å². The third kappa shape index (κ3) is 5.65. The predicted octanol–water partition coefficient (Wildman–Crippen LogP) is 5.92. The van der Waals surface area contributed by atoms with Crippen LogP contribution in [0, 0.1) is 0 Å². The number of pyridine rings is 1. The summed E-state index contributed by atoms with van der Waals surface area (Å²) in [7, 11) is 1.66. The largest absolute Gasteiger partial charge is 0.497 e. The van der Waals surface area contributed by atoms with E-state index in [9.17, 15) is 4.79 Å². The number of aromatic nitrogens is 2. The zero-order valence-corrected chi connectivity index (χ0v) is 20.9. The summed E-state index contributed by atoms with van der Waals surface area (Å²) in [6.07, 6.45) is 3.98. The molecule has 0 radical (unpaired) electrons. The first-order valence-electron chi connectivity index (χ1n) is 12.2. The fourth-order valence-electron chi connectivity index (χ4n) is 4.10. The van der Waals surface area contributed by atoms with Crippen LogP contribution in [0.2, 0.25) is 0 Å². The Morgan fingerprint density at radius 2 is 1.77 bits per heavy atom. The summed E-state index contributed by atoms with van der Waals surface area (Å²) in [6, 6.07) is 20.2. The number of carbonyl (C=O) groups is 1. The molecular formula is C29H33N3O3. The Balaban J connectivity index is 1.75. The van der Waals surface area contributed by atoms with Crippen molar-refractivity contribution in [3.05, 3.63) is 72.6 Å². The predicted molar refractivity (Wildman–Crippen MR) is 140 cm³/mol. The van der Waals surface area contributed by atoms with E-state index in [1.807, 2.05) is 62.4 Å². The van der Waals surface area contributed by atoms with Crippen LogP contribution in [0.25, 0.3) is 28.0 Å². The smallest absolute Gasteiger partial charge is 0.220 e. The van der Waals surface area contributed by atoms with Crippen molar-refractivity contribution in [2.24, 2.45) is 0 Å². The molecule has 0 saturated heterocycles. The van der Waals surface area contributed by atoms with Gasteiger partial charge in [-0.1, -0.05) is 19.1 Å². The van der Waals surface area contributed by atoms with Crippen molar-refractivity contribution >= 4 is 11.6 Å². The zero-order chi connectivity index (χ0) is 24.8. The number of imidazole rings is 1. The number of rotatable bonds is 10. The molecule has 1 amide bonds. The van der Waals surface area contributed by atoms with Gasteiger partial charge in [-0.3, -0.25) is 4.79 Å². The van der Waals surface area contributed by atoms with Gasteiger partial charge in [0.25, 0.3) is 0 Å². The quantitative estimate of drug-likeness (QED) is 0.312. The van der Waals surface area contributed by atoms with Crippen LogP contribution in [0.1, 0.15) is 39.3 Å².